The molecule has 9 heteroatoms. The van der Waals surface area contributed by atoms with Crippen molar-refractivity contribution >= 4 is 11.8 Å². The topological polar surface area (TPSA) is 110 Å². The molecule has 0 atom stereocenters. The van der Waals surface area contributed by atoms with Gasteiger partial charge in [0.15, 0.2) is 5.69 Å². The van der Waals surface area contributed by atoms with E-state index in [1.807, 2.05) is 31.2 Å². The number of rotatable bonds is 7. The fourth-order valence-electron chi connectivity index (χ4n) is 3.40. The van der Waals surface area contributed by atoms with Crippen LogP contribution in [0.25, 0.3) is 0 Å². The van der Waals surface area contributed by atoms with Gasteiger partial charge in [-0.05, 0) is 37.5 Å². The van der Waals surface area contributed by atoms with Crippen LogP contribution in [0.3, 0.4) is 0 Å². The van der Waals surface area contributed by atoms with Gasteiger partial charge in [0.25, 0.3) is 5.91 Å². The highest BCUT2D eigenvalue weighted by molar-refractivity contribution is 5.91. The Kier molecular flexibility index (Phi) is 6.48. The molecule has 0 aliphatic carbocycles. The number of aliphatic hydroxyl groups is 1. The molecule has 1 aromatic heterocycles. The number of piperidine rings is 1. The van der Waals surface area contributed by atoms with E-state index >= 15 is 0 Å². The van der Waals surface area contributed by atoms with Crippen LogP contribution in [0.15, 0.2) is 30.5 Å². The van der Waals surface area contributed by atoms with Gasteiger partial charge in [-0.1, -0.05) is 17.3 Å². The van der Waals surface area contributed by atoms with E-state index in [0.29, 0.717) is 39.0 Å². The van der Waals surface area contributed by atoms with Gasteiger partial charge < -0.3 is 20.1 Å². The summed E-state index contributed by atoms with van der Waals surface area (Å²) in [6.07, 6.45) is 2.72. The molecule has 9 nitrogen and oxygen atoms in total. The quantitative estimate of drug-likeness (QED) is 0.704. The maximum Gasteiger partial charge on any atom is 0.273 e. The van der Waals surface area contributed by atoms with E-state index in [1.165, 1.54) is 17.9 Å². The summed E-state index contributed by atoms with van der Waals surface area (Å²) >= 11 is 0. The second-order valence-corrected chi connectivity index (χ2v) is 7.24. The third-order valence-electron chi connectivity index (χ3n) is 5.09. The molecule has 1 aliphatic rings. The molecule has 1 fully saturated rings. The molecule has 29 heavy (non-hydrogen) atoms. The number of likely N-dealkylation sites (tertiary alicyclic amines) is 1. The monoisotopic (exact) mass is 401 g/mol. The molecule has 3 rings (SSSR count). The Bertz CT molecular complexity index is 841. The first-order valence-corrected chi connectivity index (χ1v) is 9.76. The average molecular weight is 401 g/mol. The zero-order valence-corrected chi connectivity index (χ0v) is 16.8. The standard InChI is InChI=1S/C20H27N5O4/c1-3-29-16-6-4-15(5-7-16)12-18(26)24-10-8-20(28,9-11-24)14-25-13-17(22-23-25)19(27)21-2/h4-7,13,28H,3,8-12,14H2,1-2H3,(H,21,27). The Balaban J connectivity index is 1.51. The molecule has 2 N–H and O–H groups in total. The van der Waals surface area contributed by atoms with Crippen molar-refractivity contribution in [2.75, 3.05) is 26.7 Å². The number of benzene rings is 1. The summed E-state index contributed by atoms with van der Waals surface area (Å²) in [5.41, 5.74) is 0.159. The van der Waals surface area contributed by atoms with Crippen molar-refractivity contribution in [2.24, 2.45) is 0 Å². The predicted octanol–water partition coefficient (Wildman–Crippen LogP) is 0.633. The molecule has 1 saturated heterocycles. The second kappa shape index (κ2) is 9.04. The van der Waals surface area contributed by atoms with Crippen molar-refractivity contribution in [3.05, 3.63) is 41.7 Å². The highest BCUT2D eigenvalue weighted by Gasteiger charge is 2.34. The van der Waals surface area contributed by atoms with Crippen molar-refractivity contribution < 1.29 is 19.4 Å². The normalized spacial score (nSPS) is 15.8. The molecule has 0 saturated carbocycles. The third kappa shape index (κ3) is 5.32. The summed E-state index contributed by atoms with van der Waals surface area (Å²) < 4.78 is 6.89. The van der Waals surface area contributed by atoms with E-state index in [-0.39, 0.29) is 24.1 Å². The Morgan fingerprint density at radius 2 is 1.93 bits per heavy atom. The zero-order valence-electron chi connectivity index (χ0n) is 16.8. The molecule has 0 bridgehead atoms. The van der Waals surface area contributed by atoms with Crippen LogP contribution in [0, 0.1) is 0 Å². The van der Waals surface area contributed by atoms with Crippen LogP contribution >= 0.6 is 0 Å². The zero-order chi connectivity index (χ0) is 20.9. The molecular formula is C20H27N5O4. The lowest BCUT2D eigenvalue weighted by Crippen LogP contribution is -2.49. The summed E-state index contributed by atoms with van der Waals surface area (Å²) in [6, 6.07) is 7.54. The van der Waals surface area contributed by atoms with E-state index in [2.05, 4.69) is 15.6 Å². The van der Waals surface area contributed by atoms with Crippen LogP contribution in [-0.4, -0.2) is 69.2 Å². The summed E-state index contributed by atoms with van der Waals surface area (Å²) in [7, 11) is 1.52. The van der Waals surface area contributed by atoms with Crippen molar-refractivity contribution in [3.8, 4) is 5.75 Å². The molecule has 2 aromatic rings. The lowest BCUT2D eigenvalue weighted by Gasteiger charge is -2.38. The van der Waals surface area contributed by atoms with Crippen LogP contribution < -0.4 is 10.1 Å². The minimum atomic E-state index is -0.983. The lowest BCUT2D eigenvalue weighted by atomic mass is 9.91. The Morgan fingerprint density at radius 3 is 2.55 bits per heavy atom. The smallest absolute Gasteiger partial charge is 0.273 e. The largest absolute Gasteiger partial charge is 0.494 e. The van der Waals surface area contributed by atoms with Gasteiger partial charge in [-0.2, -0.15) is 0 Å². The molecule has 0 unspecified atom stereocenters. The number of nitrogens with zero attached hydrogens (tertiary/aromatic N) is 4. The SMILES string of the molecule is CCOc1ccc(CC(=O)N2CCC(O)(Cn3cc(C(=O)NC)nn3)CC2)cc1. The second-order valence-electron chi connectivity index (χ2n) is 7.24. The molecule has 1 aromatic carbocycles. The van der Waals surface area contributed by atoms with Gasteiger partial charge in [0.05, 0.1) is 31.4 Å². The van der Waals surface area contributed by atoms with Gasteiger partial charge >= 0.3 is 0 Å². The number of ether oxygens (including phenoxy) is 1. The van der Waals surface area contributed by atoms with Crippen molar-refractivity contribution in [3.63, 3.8) is 0 Å². The summed E-state index contributed by atoms with van der Waals surface area (Å²) in [6.45, 7) is 3.72. The highest BCUT2D eigenvalue weighted by atomic mass is 16.5. The van der Waals surface area contributed by atoms with Crippen molar-refractivity contribution in [1.29, 1.82) is 0 Å². The fraction of sp³-hybridized carbons (Fsp3) is 0.500. The minimum absolute atomic E-state index is 0.0406. The number of carbonyl (C=O) groups is 2. The summed E-state index contributed by atoms with van der Waals surface area (Å²) in [5, 5.41) is 21.1. The van der Waals surface area contributed by atoms with E-state index in [0.717, 1.165) is 11.3 Å². The van der Waals surface area contributed by atoms with E-state index < -0.39 is 5.60 Å². The molecule has 2 amide bonds. The highest BCUT2D eigenvalue weighted by Crippen LogP contribution is 2.24. The van der Waals surface area contributed by atoms with Gasteiger partial charge in [0, 0.05) is 20.1 Å². The van der Waals surface area contributed by atoms with Gasteiger partial charge in [-0.25, -0.2) is 4.68 Å². The van der Waals surface area contributed by atoms with Crippen LogP contribution in [-0.2, 0) is 17.8 Å². The van der Waals surface area contributed by atoms with Crippen molar-refractivity contribution in [1.82, 2.24) is 25.2 Å². The van der Waals surface area contributed by atoms with Crippen LogP contribution in [0.5, 0.6) is 5.75 Å². The van der Waals surface area contributed by atoms with Gasteiger partial charge in [-0.15, -0.1) is 5.10 Å². The van der Waals surface area contributed by atoms with E-state index in [9.17, 15) is 14.7 Å². The fourth-order valence-corrected chi connectivity index (χ4v) is 3.40. The van der Waals surface area contributed by atoms with Crippen LogP contribution in [0.1, 0.15) is 35.8 Å². The average Bonchev–Trinajstić information content (AvgIpc) is 3.17. The van der Waals surface area contributed by atoms with Gasteiger partial charge in [0.2, 0.25) is 5.91 Å². The first-order chi connectivity index (χ1) is 13.9. The molecule has 0 radical (unpaired) electrons. The Hall–Kier alpha value is -2.94. The lowest BCUT2D eigenvalue weighted by molar-refractivity contribution is -0.135. The van der Waals surface area contributed by atoms with Gasteiger partial charge in [0.1, 0.15) is 5.75 Å². The number of amides is 2. The number of nitrogens with one attached hydrogen (secondary N) is 1. The molecule has 2 heterocycles. The van der Waals surface area contributed by atoms with E-state index in [1.54, 1.807) is 4.90 Å². The molecule has 1 aliphatic heterocycles. The third-order valence-corrected chi connectivity index (χ3v) is 5.09. The maximum atomic E-state index is 12.6. The number of hydrogen-bond donors (Lipinski definition) is 2. The van der Waals surface area contributed by atoms with Crippen molar-refractivity contribution in [2.45, 2.75) is 38.3 Å². The number of aromatic nitrogens is 3. The van der Waals surface area contributed by atoms with Gasteiger partial charge in [-0.3, -0.25) is 9.59 Å². The number of carbonyl (C=O) groups excluding carboxylic acids is 2. The Labute approximate surface area is 169 Å². The summed E-state index contributed by atoms with van der Waals surface area (Å²) in [4.78, 5) is 26.0. The van der Waals surface area contributed by atoms with E-state index in [4.69, 9.17) is 4.74 Å². The maximum absolute atomic E-state index is 12.6. The predicted molar refractivity (Wildman–Crippen MR) is 105 cm³/mol. The number of hydrogen-bond acceptors (Lipinski definition) is 6. The minimum Gasteiger partial charge on any atom is -0.494 e. The van der Waals surface area contributed by atoms with Crippen LogP contribution in [0.2, 0.25) is 0 Å². The molecule has 156 valence electrons. The molecule has 0 spiro atoms. The molecular weight excluding hydrogens is 374 g/mol. The summed E-state index contributed by atoms with van der Waals surface area (Å²) in [5.74, 6) is 0.510. The van der Waals surface area contributed by atoms with Crippen LogP contribution in [0.4, 0.5) is 0 Å². The first-order valence-electron chi connectivity index (χ1n) is 9.76. The first kappa shape index (κ1) is 20.8. The Morgan fingerprint density at radius 1 is 1.24 bits per heavy atom.